The number of nitrogens with one attached hydrogen (secondary N) is 2. The molecule has 4 aromatic carbocycles. The predicted molar refractivity (Wildman–Crippen MR) is 161 cm³/mol. The van der Waals surface area contributed by atoms with E-state index in [1.165, 1.54) is 24.3 Å². The number of carbonyl (C=O) groups is 2. The van der Waals surface area contributed by atoms with Crippen LogP contribution in [0, 0.1) is 0 Å². The van der Waals surface area contributed by atoms with Gasteiger partial charge >= 0.3 is 0 Å². The molecule has 0 radical (unpaired) electrons. The van der Waals surface area contributed by atoms with Gasteiger partial charge in [0.05, 0.1) is 28.4 Å². The average Bonchev–Trinajstić information content (AvgIpc) is 2.97. The molecule has 0 bridgehead atoms. The predicted octanol–water partition coefficient (Wildman–Crippen LogP) is 5.55. The number of carbonyl (C=O) groups excluding carboxylic acids is 2. The van der Waals surface area contributed by atoms with Crippen molar-refractivity contribution in [1.82, 2.24) is 5.32 Å². The highest BCUT2D eigenvalue weighted by molar-refractivity contribution is 7.92. The summed E-state index contributed by atoms with van der Waals surface area (Å²) in [6, 6.07) is 28.4. The first-order valence-electron chi connectivity index (χ1n) is 13.0. The molecule has 212 valence electrons. The molecule has 0 saturated carbocycles. The average molecular weight is 592 g/mol. The second-order valence-corrected chi connectivity index (χ2v) is 11.3. The fourth-order valence-electron chi connectivity index (χ4n) is 4.09. The molecule has 0 unspecified atom stereocenters. The molecular formula is C31H30ClN3O5S. The first-order valence-corrected chi connectivity index (χ1v) is 14.8. The summed E-state index contributed by atoms with van der Waals surface area (Å²) in [6.07, 6.45) is 0.653. The topological polar surface area (TPSA) is 105 Å². The number of benzene rings is 4. The summed E-state index contributed by atoms with van der Waals surface area (Å²) in [5, 5.41) is 5.97. The lowest BCUT2D eigenvalue weighted by Gasteiger charge is -2.24. The van der Waals surface area contributed by atoms with Crippen LogP contribution in [-0.4, -0.2) is 39.9 Å². The Kier molecular flexibility index (Phi) is 10.00. The third-order valence-electron chi connectivity index (χ3n) is 6.11. The number of amides is 2. The minimum atomic E-state index is -4.15. The van der Waals surface area contributed by atoms with E-state index in [0.717, 1.165) is 9.87 Å². The van der Waals surface area contributed by atoms with Gasteiger partial charge in [-0.1, -0.05) is 54.1 Å². The van der Waals surface area contributed by atoms with Gasteiger partial charge in [-0.25, -0.2) is 8.42 Å². The normalized spacial score (nSPS) is 11.0. The van der Waals surface area contributed by atoms with Crippen LogP contribution >= 0.6 is 11.6 Å². The van der Waals surface area contributed by atoms with E-state index in [9.17, 15) is 18.0 Å². The fourth-order valence-corrected chi connectivity index (χ4v) is 5.64. The van der Waals surface area contributed by atoms with Gasteiger partial charge in [0.15, 0.2) is 0 Å². The summed E-state index contributed by atoms with van der Waals surface area (Å²) in [7, 11) is -4.15. The molecule has 10 heteroatoms. The van der Waals surface area contributed by atoms with E-state index in [1.54, 1.807) is 48.5 Å². The third kappa shape index (κ3) is 7.87. The van der Waals surface area contributed by atoms with E-state index in [0.29, 0.717) is 30.3 Å². The van der Waals surface area contributed by atoms with Gasteiger partial charge in [0.2, 0.25) is 5.91 Å². The molecule has 0 aromatic heterocycles. The summed E-state index contributed by atoms with van der Waals surface area (Å²) >= 11 is 5.96. The van der Waals surface area contributed by atoms with Crippen molar-refractivity contribution in [2.45, 2.75) is 18.2 Å². The third-order valence-corrected chi connectivity index (χ3v) is 8.15. The van der Waals surface area contributed by atoms with Crippen LogP contribution in [0.1, 0.15) is 22.8 Å². The number of hydrogen-bond donors (Lipinski definition) is 2. The Balaban J connectivity index is 1.53. The number of hydrogen-bond acceptors (Lipinski definition) is 5. The Labute approximate surface area is 245 Å². The summed E-state index contributed by atoms with van der Waals surface area (Å²) in [6.45, 7) is 2.17. The zero-order valence-electron chi connectivity index (χ0n) is 22.4. The Morgan fingerprint density at radius 1 is 0.854 bits per heavy atom. The molecule has 8 nitrogen and oxygen atoms in total. The van der Waals surface area contributed by atoms with Crippen molar-refractivity contribution in [3.63, 3.8) is 0 Å². The van der Waals surface area contributed by atoms with Gasteiger partial charge in [-0.2, -0.15) is 0 Å². The SMILES string of the molecule is CCOc1ccc(N(CC(=O)Nc2ccccc2C(=O)NCCc2ccccc2)S(=O)(=O)c2ccc(Cl)cc2)cc1. The molecule has 4 aromatic rings. The van der Waals surface area contributed by atoms with Crippen LogP contribution in [0.3, 0.4) is 0 Å². The van der Waals surface area contributed by atoms with Crippen molar-refractivity contribution in [3.05, 3.63) is 119 Å². The highest BCUT2D eigenvalue weighted by atomic mass is 35.5. The monoisotopic (exact) mass is 591 g/mol. The maximum Gasteiger partial charge on any atom is 0.264 e. The maximum atomic E-state index is 13.7. The number of anilines is 2. The molecule has 0 aliphatic rings. The lowest BCUT2D eigenvalue weighted by Crippen LogP contribution is -2.38. The molecule has 0 aliphatic heterocycles. The molecule has 0 spiro atoms. The highest BCUT2D eigenvalue weighted by Crippen LogP contribution is 2.27. The van der Waals surface area contributed by atoms with E-state index in [1.807, 2.05) is 37.3 Å². The summed E-state index contributed by atoms with van der Waals surface area (Å²) in [4.78, 5) is 26.2. The molecule has 4 rings (SSSR count). The molecule has 2 amide bonds. The molecule has 0 heterocycles. The molecule has 41 heavy (non-hydrogen) atoms. The van der Waals surface area contributed by atoms with Crippen LogP contribution in [-0.2, 0) is 21.2 Å². The van der Waals surface area contributed by atoms with E-state index >= 15 is 0 Å². The number of rotatable bonds is 12. The molecule has 0 atom stereocenters. The van der Waals surface area contributed by atoms with Crippen LogP contribution in [0.4, 0.5) is 11.4 Å². The van der Waals surface area contributed by atoms with Gasteiger partial charge in [0, 0.05) is 11.6 Å². The van der Waals surface area contributed by atoms with Crippen molar-refractivity contribution in [3.8, 4) is 5.75 Å². The van der Waals surface area contributed by atoms with Crippen LogP contribution in [0.5, 0.6) is 5.75 Å². The van der Waals surface area contributed by atoms with Gasteiger partial charge in [0.25, 0.3) is 15.9 Å². The molecular weight excluding hydrogens is 562 g/mol. The quantitative estimate of drug-likeness (QED) is 0.225. The standard InChI is InChI=1S/C31H30ClN3O5S/c1-2-40-26-16-14-25(15-17-26)35(41(38,39)27-18-12-24(32)13-19-27)22-30(36)34-29-11-7-6-10-28(29)31(37)33-21-20-23-8-4-3-5-9-23/h3-19H,2,20-22H2,1H3,(H,33,37)(H,34,36). The second-order valence-electron chi connectivity index (χ2n) is 8.98. The van der Waals surface area contributed by atoms with Crippen molar-refractivity contribution < 1.29 is 22.7 Å². The maximum absolute atomic E-state index is 13.7. The van der Waals surface area contributed by atoms with E-state index in [-0.39, 0.29) is 27.7 Å². The minimum Gasteiger partial charge on any atom is -0.494 e. The van der Waals surface area contributed by atoms with Gasteiger partial charge in [0.1, 0.15) is 12.3 Å². The zero-order valence-corrected chi connectivity index (χ0v) is 24.0. The summed E-state index contributed by atoms with van der Waals surface area (Å²) < 4.78 is 33.8. The van der Waals surface area contributed by atoms with Crippen LogP contribution < -0.4 is 19.7 Å². The summed E-state index contributed by atoms with van der Waals surface area (Å²) in [5.41, 5.74) is 1.89. The largest absolute Gasteiger partial charge is 0.494 e. The Morgan fingerprint density at radius 2 is 1.51 bits per heavy atom. The zero-order chi connectivity index (χ0) is 29.2. The van der Waals surface area contributed by atoms with Gasteiger partial charge in [-0.3, -0.25) is 13.9 Å². The fraction of sp³-hybridized carbons (Fsp3) is 0.161. The van der Waals surface area contributed by atoms with Crippen LogP contribution in [0.25, 0.3) is 0 Å². The first-order chi connectivity index (χ1) is 19.8. The minimum absolute atomic E-state index is 0.0261. The van der Waals surface area contributed by atoms with Crippen molar-refractivity contribution in [2.24, 2.45) is 0 Å². The van der Waals surface area contributed by atoms with Gasteiger partial charge in [-0.05, 0) is 79.6 Å². The van der Waals surface area contributed by atoms with E-state index in [2.05, 4.69) is 10.6 Å². The molecule has 0 fully saturated rings. The Hall–Kier alpha value is -4.34. The number of halogens is 1. The van der Waals surface area contributed by atoms with Crippen molar-refractivity contribution in [1.29, 1.82) is 0 Å². The van der Waals surface area contributed by atoms with Crippen molar-refractivity contribution >= 4 is 44.8 Å². The lowest BCUT2D eigenvalue weighted by atomic mass is 10.1. The molecule has 0 saturated heterocycles. The summed E-state index contributed by atoms with van der Waals surface area (Å²) in [5.74, 6) is -0.410. The smallest absolute Gasteiger partial charge is 0.264 e. The number of sulfonamides is 1. The van der Waals surface area contributed by atoms with E-state index in [4.69, 9.17) is 16.3 Å². The highest BCUT2D eigenvalue weighted by Gasteiger charge is 2.28. The van der Waals surface area contributed by atoms with Crippen LogP contribution in [0.2, 0.25) is 5.02 Å². The van der Waals surface area contributed by atoms with E-state index < -0.39 is 22.5 Å². The molecule has 0 aliphatic carbocycles. The van der Waals surface area contributed by atoms with Crippen molar-refractivity contribution in [2.75, 3.05) is 29.3 Å². The van der Waals surface area contributed by atoms with Crippen LogP contribution in [0.15, 0.2) is 108 Å². The Bertz CT molecular complexity index is 1580. The molecule has 2 N–H and O–H groups in total. The second kappa shape index (κ2) is 13.8. The van der Waals surface area contributed by atoms with Gasteiger partial charge in [-0.15, -0.1) is 0 Å². The number of ether oxygens (including phenoxy) is 1. The first kappa shape index (κ1) is 29.6. The Morgan fingerprint density at radius 3 is 2.20 bits per heavy atom. The number of nitrogens with zero attached hydrogens (tertiary/aromatic N) is 1. The number of para-hydroxylation sites is 1. The lowest BCUT2D eigenvalue weighted by molar-refractivity contribution is -0.114. The van der Waals surface area contributed by atoms with Gasteiger partial charge < -0.3 is 15.4 Å².